The normalized spacial score (nSPS) is 11.3. The number of methoxy groups -OCH3 is 1. The summed E-state index contributed by atoms with van der Waals surface area (Å²) < 4.78 is 36.0. The molecule has 5 rings (SSSR count). The molecule has 1 N–H and O–H groups in total. The number of ether oxygens (including phenoxy) is 1. The van der Waals surface area contributed by atoms with E-state index in [9.17, 15) is 13.6 Å². The number of anilines is 1. The fraction of sp³-hybridized carbons (Fsp3) is 0.154. The number of aryl methyl sites for hydroxylation is 1. The fourth-order valence-electron chi connectivity index (χ4n) is 3.97. The lowest BCUT2D eigenvalue weighted by molar-refractivity contribution is 0.102. The molecule has 0 aliphatic heterocycles. The van der Waals surface area contributed by atoms with Crippen molar-refractivity contribution < 1.29 is 18.3 Å². The second kappa shape index (κ2) is 9.98. The van der Waals surface area contributed by atoms with E-state index in [0.29, 0.717) is 28.7 Å². The van der Waals surface area contributed by atoms with E-state index in [1.165, 1.54) is 19.4 Å². The molecule has 0 saturated carbocycles. The molecule has 188 valence electrons. The molecular weight excluding hydrogens is 502 g/mol. The third-order valence-corrected chi connectivity index (χ3v) is 6.07. The number of amides is 1. The van der Waals surface area contributed by atoms with Crippen LogP contribution in [0.5, 0.6) is 5.75 Å². The molecule has 0 radical (unpaired) electrons. The Morgan fingerprint density at radius 2 is 1.89 bits per heavy atom. The molecule has 0 fully saturated rings. The van der Waals surface area contributed by atoms with Crippen LogP contribution in [0.4, 0.5) is 14.6 Å². The van der Waals surface area contributed by atoms with E-state index >= 15 is 0 Å². The third-order valence-electron chi connectivity index (χ3n) is 5.82. The van der Waals surface area contributed by atoms with Gasteiger partial charge in [-0.2, -0.15) is 10.2 Å². The molecule has 5 aromatic rings. The number of carbonyl (C=O) groups excluding carboxylic acids is 1. The van der Waals surface area contributed by atoms with Crippen molar-refractivity contribution in [1.29, 1.82) is 0 Å². The Balaban J connectivity index is 1.48. The highest BCUT2D eigenvalue weighted by Gasteiger charge is 2.23. The van der Waals surface area contributed by atoms with Crippen LogP contribution in [-0.4, -0.2) is 37.4 Å². The van der Waals surface area contributed by atoms with E-state index in [1.807, 2.05) is 19.1 Å². The Bertz CT molecular complexity index is 1600. The van der Waals surface area contributed by atoms with Gasteiger partial charge in [0.2, 0.25) is 0 Å². The molecular formula is C26H21ClF2N6O2. The van der Waals surface area contributed by atoms with Crippen LogP contribution in [-0.2, 0) is 6.54 Å². The molecule has 8 nitrogen and oxygen atoms in total. The highest BCUT2D eigenvalue weighted by molar-refractivity contribution is 6.30. The Morgan fingerprint density at radius 3 is 2.62 bits per heavy atom. The molecule has 1 amide bonds. The SMILES string of the molecule is COc1ccccc1-c1cc(C(F)F)n2ncc(C(=O)Nc3cc(C)n(Cc4ccc(Cl)cc4)n3)c2n1. The van der Waals surface area contributed by atoms with Crippen molar-refractivity contribution in [3.05, 3.63) is 94.4 Å². The minimum absolute atomic E-state index is 0.00600. The highest BCUT2D eigenvalue weighted by atomic mass is 35.5. The summed E-state index contributed by atoms with van der Waals surface area (Å²) in [5.74, 6) is 0.202. The lowest BCUT2D eigenvalue weighted by Crippen LogP contribution is -2.14. The van der Waals surface area contributed by atoms with Gasteiger partial charge >= 0.3 is 0 Å². The number of fused-ring (bicyclic) bond motifs is 1. The topological polar surface area (TPSA) is 86.3 Å². The zero-order valence-electron chi connectivity index (χ0n) is 19.8. The molecule has 11 heteroatoms. The predicted octanol–water partition coefficient (Wildman–Crippen LogP) is 5.80. The van der Waals surface area contributed by atoms with Crippen molar-refractivity contribution >= 4 is 29.0 Å². The number of hydrogen-bond acceptors (Lipinski definition) is 5. The summed E-state index contributed by atoms with van der Waals surface area (Å²) >= 11 is 5.95. The van der Waals surface area contributed by atoms with Crippen molar-refractivity contribution in [1.82, 2.24) is 24.4 Å². The van der Waals surface area contributed by atoms with Gasteiger partial charge in [0, 0.05) is 22.3 Å². The van der Waals surface area contributed by atoms with Crippen molar-refractivity contribution in [2.75, 3.05) is 12.4 Å². The fourth-order valence-corrected chi connectivity index (χ4v) is 4.10. The van der Waals surface area contributed by atoms with E-state index in [4.69, 9.17) is 16.3 Å². The van der Waals surface area contributed by atoms with Crippen LogP contribution in [0.1, 0.15) is 33.7 Å². The molecule has 0 bridgehead atoms. The van der Waals surface area contributed by atoms with Gasteiger partial charge in [-0.1, -0.05) is 35.9 Å². The summed E-state index contributed by atoms with van der Waals surface area (Å²) in [5.41, 5.74) is 2.19. The van der Waals surface area contributed by atoms with E-state index in [1.54, 1.807) is 47.1 Å². The number of alkyl halides is 2. The summed E-state index contributed by atoms with van der Waals surface area (Å²) in [4.78, 5) is 17.7. The first kappa shape index (κ1) is 24.4. The van der Waals surface area contributed by atoms with E-state index in [-0.39, 0.29) is 16.9 Å². The second-order valence-electron chi connectivity index (χ2n) is 8.27. The predicted molar refractivity (Wildman–Crippen MR) is 135 cm³/mol. The molecule has 37 heavy (non-hydrogen) atoms. The molecule has 2 aromatic carbocycles. The zero-order valence-corrected chi connectivity index (χ0v) is 20.6. The summed E-state index contributed by atoms with van der Waals surface area (Å²) in [7, 11) is 1.48. The van der Waals surface area contributed by atoms with E-state index in [0.717, 1.165) is 15.8 Å². The number of nitrogens with zero attached hydrogens (tertiary/aromatic N) is 5. The Kier molecular flexibility index (Phi) is 6.58. The monoisotopic (exact) mass is 522 g/mol. The Labute approximate surface area is 215 Å². The third kappa shape index (κ3) is 4.88. The summed E-state index contributed by atoms with van der Waals surface area (Å²) in [6, 6.07) is 17.3. The van der Waals surface area contributed by atoms with Gasteiger partial charge in [-0.3, -0.25) is 9.48 Å². The molecule has 0 aliphatic carbocycles. The molecule has 3 aromatic heterocycles. The number of halogens is 3. The van der Waals surface area contributed by atoms with Crippen molar-refractivity contribution in [2.24, 2.45) is 0 Å². The lowest BCUT2D eigenvalue weighted by atomic mass is 10.1. The van der Waals surface area contributed by atoms with Crippen LogP contribution in [0.2, 0.25) is 5.02 Å². The molecule has 0 aliphatic rings. The van der Waals surface area contributed by atoms with Crippen LogP contribution in [0.3, 0.4) is 0 Å². The number of para-hydroxylation sites is 1. The van der Waals surface area contributed by atoms with Crippen LogP contribution >= 0.6 is 11.6 Å². The molecule has 0 atom stereocenters. The van der Waals surface area contributed by atoms with Crippen molar-refractivity contribution in [3.8, 4) is 17.0 Å². The molecule has 0 saturated heterocycles. The number of aromatic nitrogens is 5. The first-order valence-corrected chi connectivity index (χ1v) is 11.6. The highest BCUT2D eigenvalue weighted by Crippen LogP contribution is 2.32. The van der Waals surface area contributed by atoms with Gasteiger partial charge < -0.3 is 10.1 Å². The van der Waals surface area contributed by atoms with Crippen LogP contribution in [0.25, 0.3) is 16.9 Å². The van der Waals surface area contributed by atoms with Gasteiger partial charge in [0.1, 0.15) is 17.0 Å². The molecule has 0 unspecified atom stereocenters. The van der Waals surface area contributed by atoms with Gasteiger partial charge in [0.05, 0.1) is 25.5 Å². The summed E-state index contributed by atoms with van der Waals surface area (Å²) in [5, 5.41) is 11.8. The van der Waals surface area contributed by atoms with Crippen molar-refractivity contribution in [3.63, 3.8) is 0 Å². The number of hydrogen-bond donors (Lipinski definition) is 1. The lowest BCUT2D eigenvalue weighted by Gasteiger charge is -2.11. The number of benzene rings is 2. The van der Waals surface area contributed by atoms with Crippen LogP contribution in [0, 0.1) is 6.92 Å². The van der Waals surface area contributed by atoms with Gasteiger partial charge in [-0.15, -0.1) is 0 Å². The van der Waals surface area contributed by atoms with Gasteiger partial charge in [0.25, 0.3) is 12.3 Å². The quantitative estimate of drug-likeness (QED) is 0.292. The minimum atomic E-state index is -2.85. The number of nitrogens with one attached hydrogen (secondary N) is 1. The standard InChI is InChI=1S/C26H21ClF2N6O2/c1-15-11-23(33-34(15)14-16-7-9-17(27)10-8-16)32-26(36)19-13-30-35-21(24(28)29)12-20(31-25(19)35)18-5-3-4-6-22(18)37-2/h3-13,24H,14H2,1-2H3,(H,32,33,36). The largest absolute Gasteiger partial charge is 0.496 e. The first-order chi connectivity index (χ1) is 17.8. The zero-order chi connectivity index (χ0) is 26.1. The number of rotatable bonds is 7. The summed E-state index contributed by atoms with van der Waals surface area (Å²) in [6.07, 6.45) is -1.63. The average Bonchev–Trinajstić information content (AvgIpc) is 3.47. The second-order valence-corrected chi connectivity index (χ2v) is 8.71. The average molecular weight is 523 g/mol. The minimum Gasteiger partial charge on any atom is -0.496 e. The maximum absolute atomic E-state index is 13.9. The van der Waals surface area contributed by atoms with Gasteiger partial charge in [-0.05, 0) is 42.8 Å². The van der Waals surface area contributed by atoms with Crippen molar-refractivity contribution in [2.45, 2.75) is 19.9 Å². The van der Waals surface area contributed by atoms with Crippen LogP contribution < -0.4 is 10.1 Å². The first-order valence-electron chi connectivity index (χ1n) is 11.2. The van der Waals surface area contributed by atoms with Gasteiger partial charge in [-0.25, -0.2) is 18.3 Å². The van der Waals surface area contributed by atoms with E-state index < -0.39 is 18.0 Å². The summed E-state index contributed by atoms with van der Waals surface area (Å²) in [6.45, 7) is 2.35. The smallest absolute Gasteiger partial charge is 0.280 e. The maximum Gasteiger partial charge on any atom is 0.280 e. The number of carbonyl (C=O) groups is 1. The Morgan fingerprint density at radius 1 is 1.14 bits per heavy atom. The molecule has 3 heterocycles. The maximum atomic E-state index is 13.9. The van der Waals surface area contributed by atoms with Gasteiger partial charge in [0.15, 0.2) is 11.5 Å². The van der Waals surface area contributed by atoms with Crippen LogP contribution in [0.15, 0.2) is 66.9 Å². The Hall–Kier alpha value is -4.31. The van der Waals surface area contributed by atoms with E-state index in [2.05, 4.69) is 20.5 Å². The molecule has 0 spiro atoms.